The Morgan fingerprint density at radius 2 is 2.18 bits per heavy atom. The van der Waals surface area contributed by atoms with Crippen molar-refractivity contribution < 1.29 is 4.79 Å². The zero-order chi connectivity index (χ0) is 19.9. The van der Waals surface area contributed by atoms with Gasteiger partial charge in [-0.15, -0.1) is 0 Å². The van der Waals surface area contributed by atoms with Crippen LogP contribution in [0.25, 0.3) is 16.6 Å². The Morgan fingerprint density at radius 3 is 2.86 bits per heavy atom. The van der Waals surface area contributed by atoms with Crippen LogP contribution in [0.15, 0.2) is 42.7 Å². The largest absolute Gasteiger partial charge is 0.379 e. The molecule has 1 aliphatic carbocycles. The molecule has 1 aliphatic rings. The molecule has 2 aromatic heterocycles. The lowest BCUT2D eigenvalue weighted by Crippen LogP contribution is -2.32. The van der Waals surface area contributed by atoms with Gasteiger partial charge in [0.15, 0.2) is 0 Å². The van der Waals surface area contributed by atoms with E-state index in [1.54, 1.807) is 10.6 Å². The van der Waals surface area contributed by atoms with E-state index in [4.69, 9.17) is 11.0 Å². The quantitative estimate of drug-likeness (QED) is 0.723. The highest BCUT2D eigenvalue weighted by atomic mass is 16.1. The summed E-state index contributed by atoms with van der Waals surface area (Å²) >= 11 is 0. The molecule has 4 rings (SSSR count). The second-order valence-electron chi connectivity index (χ2n) is 8.13. The van der Waals surface area contributed by atoms with Crippen molar-refractivity contribution in [1.29, 1.82) is 5.26 Å². The zero-order valence-corrected chi connectivity index (χ0v) is 16.1. The first-order valence-corrected chi connectivity index (χ1v) is 9.47. The number of nitrogens with zero attached hydrogens (tertiary/aromatic N) is 3. The lowest BCUT2D eigenvalue weighted by molar-refractivity contribution is 0.100. The van der Waals surface area contributed by atoms with Gasteiger partial charge in [0, 0.05) is 17.8 Å². The van der Waals surface area contributed by atoms with Gasteiger partial charge in [-0.1, -0.05) is 32.4 Å². The lowest BCUT2D eigenvalue weighted by Gasteiger charge is -2.29. The first kappa shape index (κ1) is 18.1. The van der Waals surface area contributed by atoms with Gasteiger partial charge in [-0.2, -0.15) is 10.4 Å². The van der Waals surface area contributed by atoms with Crippen molar-refractivity contribution in [2.75, 3.05) is 5.32 Å². The van der Waals surface area contributed by atoms with E-state index >= 15 is 0 Å². The van der Waals surface area contributed by atoms with Crippen molar-refractivity contribution in [3.05, 3.63) is 53.9 Å². The molecule has 0 spiro atoms. The molecule has 1 aromatic carbocycles. The van der Waals surface area contributed by atoms with E-state index in [0.29, 0.717) is 11.1 Å². The molecule has 0 aliphatic heterocycles. The van der Waals surface area contributed by atoms with Crippen LogP contribution in [0.5, 0.6) is 0 Å². The summed E-state index contributed by atoms with van der Waals surface area (Å²) in [6.07, 6.45) is 6.78. The fourth-order valence-electron chi connectivity index (χ4n) is 4.09. The summed E-state index contributed by atoms with van der Waals surface area (Å²) in [6.45, 7) is 4.49. The summed E-state index contributed by atoms with van der Waals surface area (Å²) in [6, 6.07) is 11.9. The zero-order valence-electron chi connectivity index (χ0n) is 16.1. The molecule has 3 N–H and O–H groups in total. The van der Waals surface area contributed by atoms with Gasteiger partial charge in [0.25, 0.3) is 5.91 Å². The van der Waals surface area contributed by atoms with Crippen LogP contribution in [0.3, 0.4) is 0 Å². The molecule has 142 valence electrons. The van der Waals surface area contributed by atoms with E-state index in [2.05, 4.69) is 30.3 Å². The molecule has 1 unspecified atom stereocenters. The van der Waals surface area contributed by atoms with Crippen molar-refractivity contribution in [2.24, 2.45) is 11.1 Å². The van der Waals surface area contributed by atoms with Crippen LogP contribution in [-0.4, -0.2) is 21.6 Å². The highest BCUT2D eigenvalue weighted by molar-refractivity contribution is 6.02. The number of amides is 1. The van der Waals surface area contributed by atoms with Crippen LogP contribution in [0.4, 0.5) is 5.69 Å². The molecule has 6 nitrogen and oxygen atoms in total. The van der Waals surface area contributed by atoms with Crippen molar-refractivity contribution in [3.8, 4) is 17.2 Å². The Balaban J connectivity index is 1.84. The molecule has 1 saturated carbocycles. The number of carbonyl (C=O) groups is 1. The second-order valence-corrected chi connectivity index (χ2v) is 8.13. The predicted octanol–water partition coefficient (Wildman–Crippen LogP) is 3.96. The van der Waals surface area contributed by atoms with Gasteiger partial charge in [-0.25, -0.2) is 4.52 Å². The minimum atomic E-state index is -0.498. The molecule has 1 fully saturated rings. The number of nitrogens with one attached hydrogen (secondary N) is 1. The highest BCUT2D eigenvalue weighted by Gasteiger charge is 2.35. The molecule has 6 heteroatoms. The average Bonchev–Trinajstić information content (AvgIpc) is 3.25. The van der Waals surface area contributed by atoms with E-state index in [9.17, 15) is 4.79 Å². The molecule has 1 amide bonds. The first-order valence-electron chi connectivity index (χ1n) is 9.47. The normalized spacial score (nSPS) is 18.1. The Morgan fingerprint density at radius 1 is 1.36 bits per heavy atom. The van der Waals surface area contributed by atoms with Crippen LogP contribution < -0.4 is 11.1 Å². The number of aromatic nitrogens is 2. The highest BCUT2D eigenvalue weighted by Crippen LogP contribution is 2.40. The van der Waals surface area contributed by atoms with Gasteiger partial charge < -0.3 is 11.1 Å². The summed E-state index contributed by atoms with van der Waals surface area (Å²) in [7, 11) is 0. The van der Waals surface area contributed by atoms with Gasteiger partial charge in [0.1, 0.15) is 0 Å². The molecule has 3 aromatic rings. The van der Waals surface area contributed by atoms with E-state index in [1.165, 1.54) is 6.20 Å². The molecular weight excluding hydrogens is 350 g/mol. The van der Waals surface area contributed by atoms with Crippen LogP contribution >= 0.6 is 0 Å². The van der Waals surface area contributed by atoms with Crippen molar-refractivity contribution in [2.45, 2.75) is 39.2 Å². The minimum Gasteiger partial charge on any atom is -0.379 e. The lowest BCUT2D eigenvalue weighted by atomic mass is 9.87. The van der Waals surface area contributed by atoms with Gasteiger partial charge >= 0.3 is 0 Å². The van der Waals surface area contributed by atoms with Crippen LogP contribution in [0.1, 0.15) is 49.0 Å². The van der Waals surface area contributed by atoms with E-state index in [1.807, 2.05) is 30.5 Å². The number of rotatable bonds is 4. The number of hydrogen-bond donors (Lipinski definition) is 2. The number of nitrogens with two attached hydrogens (primary N) is 1. The summed E-state index contributed by atoms with van der Waals surface area (Å²) in [4.78, 5) is 12.1. The van der Waals surface area contributed by atoms with Gasteiger partial charge in [-0.3, -0.25) is 4.79 Å². The Labute approximate surface area is 164 Å². The molecular formula is C22H23N5O. The number of benzene rings is 1. The Hall–Kier alpha value is -3.33. The summed E-state index contributed by atoms with van der Waals surface area (Å²) < 4.78 is 1.76. The molecule has 2 heterocycles. The van der Waals surface area contributed by atoms with Gasteiger partial charge in [-0.05, 0) is 42.0 Å². The Bertz CT molecular complexity index is 1110. The maximum absolute atomic E-state index is 12.1. The van der Waals surface area contributed by atoms with Gasteiger partial charge in [0.2, 0.25) is 0 Å². The third-order valence-electron chi connectivity index (χ3n) is 5.80. The SMILES string of the molecule is CC1(C)CCCC1Nc1c(C(N)=O)cnn2cc(-c3cccc(C#N)c3)cc12. The maximum atomic E-state index is 12.1. The predicted molar refractivity (Wildman–Crippen MR) is 109 cm³/mol. The summed E-state index contributed by atoms with van der Waals surface area (Å²) in [5.74, 6) is -0.498. The first-order chi connectivity index (χ1) is 13.4. The number of fused-ring (bicyclic) bond motifs is 1. The summed E-state index contributed by atoms with van der Waals surface area (Å²) in [5.41, 5.74) is 10.2. The molecule has 0 radical (unpaired) electrons. The number of carbonyl (C=O) groups excluding carboxylic acids is 1. The smallest absolute Gasteiger partial charge is 0.252 e. The van der Waals surface area contributed by atoms with Crippen molar-refractivity contribution >= 4 is 17.1 Å². The van der Waals surface area contributed by atoms with Crippen LogP contribution in [0, 0.1) is 16.7 Å². The molecule has 1 atom stereocenters. The fraction of sp³-hybridized carbons (Fsp3) is 0.318. The molecule has 28 heavy (non-hydrogen) atoms. The van der Waals surface area contributed by atoms with Crippen LogP contribution in [-0.2, 0) is 0 Å². The number of hydrogen-bond acceptors (Lipinski definition) is 4. The van der Waals surface area contributed by atoms with Crippen molar-refractivity contribution in [3.63, 3.8) is 0 Å². The standard InChI is InChI=1S/C22H23N5O/c1-22(2)8-4-7-19(22)26-20-17(21(24)28)12-25-27-13-16(10-18(20)27)15-6-3-5-14(9-15)11-23/h3,5-6,9-10,12-13,19,26H,4,7-8H2,1-2H3,(H2,24,28). The molecule has 0 saturated heterocycles. The number of anilines is 1. The third-order valence-corrected chi connectivity index (χ3v) is 5.80. The Kier molecular flexibility index (Phi) is 4.31. The number of primary amides is 1. The number of nitriles is 1. The van der Waals surface area contributed by atoms with E-state index in [-0.39, 0.29) is 11.5 Å². The maximum Gasteiger partial charge on any atom is 0.252 e. The van der Waals surface area contributed by atoms with E-state index < -0.39 is 5.91 Å². The third kappa shape index (κ3) is 3.09. The summed E-state index contributed by atoms with van der Waals surface area (Å²) in [5, 5.41) is 17.1. The van der Waals surface area contributed by atoms with Gasteiger partial charge in [0.05, 0.1) is 34.6 Å². The minimum absolute atomic E-state index is 0.145. The second kappa shape index (κ2) is 6.68. The van der Waals surface area contributed by atoms with Crippen LogP contribution in [0.2, 0.25) is 0 Å². The van der Waals surface area contributed by atoms with E-state index in [0.717, 1.165) is 41.6 Å². The fourth-order valence-corrected chi connectivity index (χ4v) is 4.09. The molecule has 0 bridgehead atoms. The van der Waals surface area contributed by atoms with Crippen molar-refractivity contribution in [1.82, 2.24) is 9.61 Å². The average molecular weight is 373 g/mol. The monoisotopic (exact) mass is 373 g/mol. The topological polar surface area (TPSA) is 96.2 Å².